The van der Waals surface area contributed by atoms with Crippen LogP contribution in [0, 0.1) is 0 Å². The number of aryl methyl sites for hydroxylation is 1. The zero-order valence-electron chi connectivity index (χ0n) is 13.6. The molecule has 0 aliphatic rings. The SMILES string of the molecule is Cn1cc(CCNC(=O)c2cn(CC(N)=O)nn2)c2ccc(Cl)cc21. The summed E-state index contributed by atoms with van der Waals surface area (Å²) >= 11 is 6.03. The number of nitrogens with zero attached hydrogens (tertiary/aromatic N) is 4. The van der Waals surface area contributed by atoms with E-state index in [1.807, 2.05) is 36.0 Å². The first-order valence-electron chi connectivity index (χ1n) is 7.64. The molecule has 9 heteroatoms. The van der Waals surface area contributed by atoms with E-state index in [2.05, 4.69) is 15.6 Å². The van der Waals surface area contributed by atoms with Crippen molar-refractivity contribution in [3.8, 4) is 0 Å². The number of carbonyl (C=O) groups is 2. The van der Waals surface area contributed by atoms with E-state index in [-0.39, 0.29) is 18.1 Å². The van der Waals surface area contributed by atoms with Gasteiger partial charge < -0.3 is 15.6 Å². The summed E-state index contributed by atoms with van der Waals surface area (Å²) < 4.78 is 3.24. The molecule has 1 aromatic carbocycles. The maximum atomic E-state index is 12.1. The van der Waals surface area contributed by atoms with Crippen molar-refractivity contribution in [1.82, 2.24) is 24.9 Å². The van der Waals surface area contributed by atoms with E-state index in [4.69, 9.17) is 17.3 Å². The van der Waals surface area contributed by atoms with Gasteiger partial charge in [-0.2, -0.15) is 0 Å². The monoisotopic (exact) mass is 360 g/mol. The number of nitrogens with one attached hydrogen (secondary N) is 1. The minimum absolute atomic E-state index is 0.112. The Morgan fingerprint density at radius 3 is 2.88 bits per heavy atom. The summed E-state index contributed by atoms with van der Waals surface area (Å²) in [6.45, 7) is 0.335. The highest BCUT2D eigenvalue weighted by molar-refractivity contribution is 6.31. The molecule has 0 fully saturated rings. The summed E-state index contributed by atoms with van der Waals surface area (Å²) in [5.74, 6) is -0.896. The van der Waals surface area contributed by atoms with Crippen LogP contribution >= 0.6 is 11.6 Å². The Balaban J connectivity index is 1.62. The van der Waals surface area contributed by atoms with Gasteiger partial charge in [0.1, 0.15) is 6.54 Å². The molecule has 0 unspecified atom stereocenters. The summed E-state index contributed by atoms with van der Waals surface area (Å²) in [7, 11) is 1.96. The molecule has 2 amide bonds. The molecule has 25 heavy (non-hydrogen) atoms. The van der Waals surface area contributed by atoms with Crippen LogP contribution in [0.4, 0.5) is 0 Å². The second kappa shape index (κ2) is 6.94. The van der Waals surface area contributed by atoms with Crippen LogP contribution in [0.25, 0.3) is 10.9 Å². The van der Waals surface area contributed by atoms with Crippen LogP contribution in [0.3, 0.4) is 0 Å². The second-order valence-electron chi connectivity index (χ2n) is 5.70. The predicted molar refractivity (Wildman–Crippen MR) is 93.2 cm³/mol. The van der Waals surface area contributed by atoms with E-state index in [0.717, 1.165) is 16.5 Å². The average molecular weight is 361 g/mol. The fraction of sp³-hybridized carbons (Fsp3) is 0.250. The molecule has 0 saturated carbocycles. The third kappa shape index (κ3) is 3.80. The van der Waals surface area contributed by atoms with Crippen molar-refractivity contribution in [2.24, 2.45) is 12.8 Å². The fourth-order valence-corrected chi connectivity index (χ4v) is 2.85. The zero-order chi connectivity index (χ0) is 18.0. The van der Waals surface area contributed by atoms with Gasteiger partial charge in [-0.05, 0) is 24.1 Å². The van der Waals surface area contributed by atoms with Crippen molar-refractivity contribution in [3.05, 3.63) is 46.9 Å². The van der Waals surface area contributed by atoms with Gasteiger partial charge in [0, 0.05) is 35.7 Å². The smallest absolute Gasteiger partial charge is 0.273 e. The average Bonchev–Trinajstić information content (AvgIpc) is 3.12. The molecular formula is C16H17ClN6O2. The first-order valence-corrected chi connectivity index (χ1v) is 8.02. The number of halogens is 1. The Kier molecular flexibility index (Phi) is 4.71. The molecule has 0 radical (unpaired) electrons. The molecule has 0 spiro atoms. The normalized spacial score (nSPS) is 11.0. The molecule has 130 valence electrons. The topological polar surface area (TPSA) is 108 Å². The van der Waals surface area contributed by atoms with Crippen LogP contribution < -0.4 is 11.1 Å². The largest absolute Gasteiger partial charge is 0.368 e. The first kappa shape index (κ1) is 17.0. The highest BCUT2D eigenvalue weighted by Crippen LogP contribution is 2.24. The van der Waals surface area contributed by atoms with Crippen LogP contribution in [-0.2, 0) is 24.8 Å². The minimum Gasteiger partial charge on any atom is -0.368 e. The van der Waals surface area contributed by atoms with Gasteiger partial charge in [-0.3, -0.25) is 9.59 Å². The summed E-state index contributed by atoms with van der Waals surface area (Å²) in [6.07, 6.45) is 4.08. The van der Waals surface area contributed by atoms with Crippen LogP contribution in [0.2, 0.25) is 5.02 Å². The number of amides is 2. The number of rotatable bonds is 6. The molecule has 0 atom stereocenters. The standard InChI is InChI=1S/C16H17ClN6O2/c1-22-7-10(12-3-2-11(17)6-14(12)22)4-5-19-16(25)13-8-23(21-20-13)9-15(18)24/h2-3,6-8H,4-5,9H2,1H3,(H2,18,24)(H,19,25). The maximum Gasteiger partial charge on any atom is 0.273 e. The number of primary amides is 1. The van der Waals surface area contributed by atoms with Gasteiger partial charge in [-0.1, -0.05) is 22.9 Å². The quantitative estimate of drug-likeness (QED) is 0.680. The number of nitrogens with two attached hydrogens (primary N) is 1. The molecule has 3 N–H and O–H groups in total. The first-order chi connectivity index (χ1) is 11.9. The fourth-order valence-electron chi connectivity index (χ4n) is 2.68. The van der Waals surface area contributed by atoms with E-state index >= 15 is 0 Å². The Hall–Kier alpha value is -2.87. The summed E-state index contributed by atoms with van der Waals surface area (Å²) in [5.41, 5.74) is 7.38. The lowest BCUT2D eigenvalue weighted by Gasteiger charge is -2.02. The van der Waals surface area contributed by atoms with Crippen LogP contribution in [0.1, 0.15) is 16.1 Å². The molecule has 0 aliphatic heterocycles. The van der Waals surface area contributed by atoms with E-state index in [1.54, 1.807) is 0 Å². The van der Waals surface area contributed by atoms with E-state index in [1.165, 1.54) is 10.9 Å². The summed E-state index contributed by atoms with van der Waals surface area (Å²) in [5, 5.41) is 12.0. The molecule has 3 rings (SSSR count). The maximum absolute atomic E-state index is 12.1. The molecular weight excluding hydrogens is 344 g/mol. The van der Waals surface area contributed by atoms with Crippen LogP contribution in [0.5, 0.6) is 0 Å². The lowest BCUT2D eigenvalue weighted by atomic mass is 10.1. The number of aromatic nitrogens is 4. The number of carbonyl (C=O) groups excluding carboxylic acids is 2. The lowest BCUT2D eigenvalue weighted by molar-refractivity contribution is -0.118. The van der Waals surface area contributed by atoms with Crippen molar-refractivity contribution in [2.45, 2.75) is 13.0 Å². The third-order valence-electron chi connectivity index (χ3n) is 3.80. The van der Waals surface area contributed by atoms with E-state index in [9.17, 15) is 9.59 Å². The highest BCUT2D eigenvalue weighted by atomic mass is 35.5. The van der Waals surface area contributed by atoms with Gasteiger partial charge in [-0.25, -0.2) is 4.68 Å². The Bertz CT molecular complexity index is 945. The minimum atomic E-state index is -0.548. The van der Waals surface area contributed by atoms with E-state index < -0.39 is 5.91 Å². The zero-order valence-corrected chi connectivity index (χ0v) is 14.3. The van der Waals surface area contributed by atoms with Gasteiger partial charge in [0.2, 0.25) is 5.91 Å². The molecule has 2 aromatic heterocycles. The van der Waals surface area contributed by atoms with Gasteiger partial charge in [-0.15, -0.1) is 5.10 Å². The molecule has 2 heterocycles. The molecule has 8 nitrogen and oxygen atoms in total. The van der Waals surface area contributed by atoms with Crippen molar-refractivity contribution < 1.29 is 9.59 Å². The highest BCUT2D eigenvalue weighted by Gasteiger charge is 2.12. The summed E-state index contributed by atoms with van der Waals surface area (Å²) in [4.78, 5) is 22.9. The van der Waals surface area contributed by atoms with Crippen molar-refractivity contribution in [3.63, 3.8) is 0 Å². The molecule has 0 aliphatic carbocycles. The number of hydrogen-bond acceptors (Lipinski definition) is 4. The van der Waals surface area contributed by atoms with Crippen molar-refractivity contribution >= 4 is 34.3 Å². The van der Waals surface area contributed by atoms with Gasteiger partial charge in [0.15, 0.2) is 5.69 Å². The van der Waals surface area contributed by atoms with Crippen molar-refractivity contribution in [1.29, 1.82) is 0 Å². The lowest BCUT2D eigenvalue weighted by Crippen LogP contribution is -2.26. The molecule has 0 saturated heterocycles. The van der Waals surface area contributed by atoms with Crippen LogP contribution in [-0.4, -0.2) is 37.9 Å². The van der Waals surface area contributed by atoms with Gasteiger partial charge in [0.25, 0.3) is 5.91 Å². The number of benzene rings is 1. The Labute approximate surface area is 148 Å². The van der Waals surface area contributed by atoms with Crippen LogP contribution in [0.15, 0.2) is 30.6 Å². The predicted octanol–water partition coefficient (Wildman–Crippen LogP) is 0.881. The third-order valence-corrected chi connectivity index (χ3v) is 4.04. The van der Waals surface area contributed by atoms with E-state index in [0.29, 0.717) is 18.0 Å². The number of fused-ring (bicyclic) bond motifs is 1. The van der Waals surface area contributed by atoms with Gasteiger partial charge >= 0.3 is 0 Å². The molecule has 3 aromatic rings. The number of hydrogen-bond donors (Lipinski definition) is 2. The van der Waals surface area contributed by atoms with Gasteiger partial charge in [0.05, 0.1) is 6.20 Å². The Morgan fingerprint density at radius 2 is 2.12 bits per heavy atom. The van der Waals surface area contributed by atoms with Crippen molar-refractivity contribution in [2.75, 3.05) is 6.54 Å². The Morgan fingerprint density at radius 1 is 1.32 bits per heavy atom. The second-order valence-corrected chi connectivity index (χ2v) is 6.14. The summed E-state index contributed by atoms with van der Waals surface area (Å²) in [6, 6.07) is 5.74. The molecule has 0 bridgehead atoms.